The van der Waals surface area contributed by atoms with Crippen molar-refractivity contribution in [1.82, 2.24) is 10.2 Å². The number of aromatic nitrogens is 2. The van der Waals surface area contributed by atoms with Gasteiger partial charge in [0.1, 0.15) is 0 Å². The minimum atomic E-state index is 0.208. The molecule has 0 radical (unpaired) electrons. The number of alkyl halides is 1. The lowest BCUT2D eigenvalue weighted by atomic mass is 9.93. The summed E-state index contributed by atoms with van der Waals surface area (Å²) in [5, 5.41) is 10.9. The monoisotopic (exact) mass is 275 g/mol. The number of anilines is 1. The maximum atomic E-state index is 6.49. The summed E-state index contributed by atoms with van der Waals surface area (Å²) in [4.78, 5) is 2.21. The largest absolute Gasteiger partial charge is 0.353 e. The Morgan fingerprint density at radius 3 is 2.84 bits per heavy atom. The van der Waals surface area contributed by atoms with E-state index in [-0.39, 0.29) is 5.38 Å². The van der Waals surface area contributed by atoms with Crippen molar-refractivity contribution in [3.8, 4) is 0 Å². The van der Waals surface area contributed by atoms with Gasteiger partial charge in [0, 0.05) is 23.9 Å². The lowest BCUT2D eigenvalue weighted by molar-refractivity contribution is 0.432. The summed E-state index contributed by atoms with van der Waals surface area (Å²) < 4.78 is 0. The highest BCUT2D eigenvalue weighted by atomic mass is 35.5. The van der Waals surface area contributed by atoms with E-state index < -0.39 is 0 Å². The summed E-state index contributed by atoms with van der Waals surface area (Å²) in [5.41, 5.74) is 0. The zero-order valence-corrected chi connectivity index (χ0v) is 11.8. The Labute approximate surface area is 118 Å². The van der Waals surface area contributed by atoms with Crippen LogP contribution in [0.3, 0.4) is 0 Å². The van der Waals surface area contributed by atoms with Gasteiger partial charge in [-0.25, -0.2) is 0 Å². The molecule has 3 nitrogen and oxygen atoms in total. The van der Waals surface area contributed by atoms with Gasteiger partial charge < -0.3 is 4.90 Å². The Kier molecular flexibility index (Phi) is 3.56. The normalized spacial score (nSPS) is 23.5. The van der Waals surface area contributed by atoms with Crippen molar-refractivity contribution in [2.45, 2.75) is 37.1 Å². The predicted molar refractivity (Wildman–Crippen MR) is 79.8 cm³/mol. The summed E-state index contributed by atoms with van der Waals surface area (Å²) in [7, 11) is 2.09. The summed E-state index contributed by atoms with van der Waals surface area (Å²) >= 11 is 6.49. The van der Waals surface area contributed by atoms with Crippen LogP contribution >= 0.6 is 11.6 Å². The number of fused-ring (bicyclic) bond motifs is 1. The second kappa shape index (κ2) is 5.33. The molecule has 1 aromatic heterocycles. The summed E-state index contributed by atoms with van der Waals surface area (Å²) in [6.07, 6.45) is 6.52. The first-order valence-electron chi connectivity index (χ1n) is 6.84. The Bertz CT molecular complexity index is 567. The Morgan fingerprint density at radius 2 is 2.00 bits per heavy atom. The third-order valence-electron chi connectivity index (χ3n) is 4.03. The van der Waals surface area contributed by atoms with Crippen LogP contribution in [-0.2, 0) is 0 Å². The van der Waals surface area contributed by atoms with Gasteiger partial charge in [0.05, 0.1) is 11.6 Å². The number of nitrogens with zero attached hydrogens (tertiary/aromatic N) is 3. The van der Waals surface area contributed by atoms with E-state index in [0.29, 0.717) is 6.04 Å². The highest BCUT2D eigenvalue weighted by molar-refractivity contribution is 6.21. The van der Waals surface area contributed by atoms with E-state index in [1.54, 1.807) is 0 Å². The Hall–Kier alpha value is -1.35. The molecule has 100 valence electrons. The van der Waals surface area contributed by atoms with E-state index in [4.69, 9.17) is 11.6 Å². The molecule has 2 aromatic rings. The lowest BCUT2D eigenvalue weighted by Gasteiger charge is -2.35. The summed E-state index contributed by atoms with van der Waals surface area (Å²) in [5.74, 6) is 0.940. The summed E-state index contributed by atoms with van der Waals surface area (Å²) in [6, 6.07) is 8.59. The van der Waals surface area contributed by atoms with E-state index in [0.717, 1.165) is 29.4 Å². The minimum Gasteiger partial charge on any atom is -0.353 e. The smallest absolute Gasteiger partial charge is 0.159 e. The molecule has 4 heteroatoms. The fourth-order valence-electron chi connectivity index (χ4n) is 2.93. The highest BCUT2D eigenvalue weighted by Gasteiger charge is 2.28. The fourth-order valence-corrected chi connectivity index (χ4v) is 3.38. The summed E-state index contributed by atoms with van der Waals surface area (Å²) in [6.45, 7) is 0. The minimum absolute atomic E-state index is 0.208. The molecule has 0 aliphatic heterocycles. The lowest BCUT2D eigenvalue weighted by Crippen LogP contribution is -2.41. The first kappa shape index (κ1) is 12.7. The van der Waals surface area contributed by atoms with E-state index in [9.17, 15) is 0 Å². The Morgan fingerprint density at radius 1 is 1.21 bits per heavy atom. The molecule has 2 atom stereocenters. The van der Waals surface area contributed by atoms with E-state index in [1.807, 2.05) is 18.3 Å². The third-order valence-corrected chi connectivity index (χ3v) is 4.54. The molecule has 1 aliphatic rings. The van der Waals surface area contributed by atoms with Gasteiger partial charge in [-0.05, 0) is 12.8 Å². The van der Waals surface area contributed by atoms with Crippen LogP contribution in [0.25, 0.3) is 10.8 Å². The highest BCUT2D eigenvalue weighted by Crippen LogP contribution is 2.31. The molecule has 1 fully saturated rings. The standard InChI is InChI=1S/C15H18ClN3/c1-19(14-9-5-4-8-13(14)16)15-12-7-3-2-6-11(12)10-17-18-15/h2-3,6-7,10,13-14H,4-5,8-9H2,1H3. The first-order valence-corrected chi connectivity index (χ1v) is 7.28. The van der Waals surface area contributed by atoms with Crippen LogP contribution in [0.1, 0.15) is 25.7 Å². The van der Waals surface area contributed by atoms with E-state index in [2.05, 4.69) is 34.3 Å². The molecule has 1 heterocycles. The number of hydrogen-bond acceptors (Lipinski definition) is 3. The number of benzene rings is 1. The average molecular weight is 276 g/mol. The van der Waals surface area contributed by atoms with Gasteiger partial charge in [0.25, 0.3) is 0 Å². The van der Waals surface area contributed by atoms with Crippen molar-refractivity contribution >= 4 is 28.2 Å². The molecule has 1 aliphatic carbocycles. The van der Waals surface area contributed by atoms with Crippen LogP contribution in [0.4, 0.5) is 5.82 Å². The third kappa shape index (κ3) is 2.39. The van der Waals surface area contributed by atoms with Crippen LogP contribution in [0.5, 0.6) is 0 Å². The molecule has 1 saturated carbocycles. The molecule has 0 bridgehead atoms. The molecular formula is C15H18ClN3. The second-order valence-electron chi connectivity index (χ2n) is 5.23. The number of hydrogen-bond donors (Lipinski definition) is 0. The van der Waals surface area contributed by atoms with Gasteiger partial charge in [-0.1, -0.05) is 37.1 Å². The molecule has 19 heavy (non-hydrogen) atoms. The quantitative estimate of drug-likeness (QED) is 0.784. The molecule has 0 spiro atoms. The molecule has 0 saturated heterocycles. The molecule has 1 aromatic carbocycles. The average Bonchev–Trinajstić information content (AvgIpc) is 2.46. The van der Waals surface area contributed by atoms with Crippen LogP contribution < -0.4 is 4.90 Å². The van der Waals surface area contributed by atoms with Gasteiger partial charge in [-0.15, -0.1) is 16.7 Å². The van der Waals surface area contributed by atoms with Crippen molar-refractivity contribution < 1.29 is 0 Å². The zero-order chi connectivity index (χ0) is 13.2. The first-order chi connectivity index (χ1) is 9.27. The van der Waals surface area contributed by atoms with Crippen LogP contribution in [0, 0.1) is 0 Å². The van der Waals surface area contributed by atoms with E-state index >= 15 is 0 Å². The van der Waals surface area contributed by atoms with Crippen molar-refractivity contribution in [2.75, 3.05) is 11.9 Å². The van der Waals surface area contributed by atoms with Crippen LogP contribution in [-0.4, -0.2) is 28.7 Å². The van der Waals surface area contributed by atoms with E-state index in [1.165, 1.54) is 12.8 Å². The van der Waals surface area contributed by atoms with Crippen molar-refractivity contribution in [3.05, 3.63) is 30.5 Å². The van der Waals surface area contributed by atoms with Crippen molar-refractivity contribution in [3.63, 3.8) is 0 Å². The zero-order valence-electron chi connectivity index (χ0n) is 11.1. The second-order valence-corrected chi connectivity index (χ2v) is 5.79. The maximum absolute atomic E-state index is 6.49. The SMILES string of the molecule is CN(c1nncc2ccccc12)C1CCCCC1Cl. The molecule has 0 amide bonds. The van der Waals surface area contributed by atoms with Gasteiger partial charge in [-0.2, -0.15) is 5.10 Å². The predicted octanol–water partition coefficient (Wildman–Crippen LogP) is 3.62. The van der Waals surface area contributed by atoms with Crippen LogP contribution in [0.15, 0.2) is 30.5 Å². The van der Waals surface area contributed by atoms with Gasteiger partial charge >= 0.3 is 0 Å². The number of rotatable bonds is 2. The molecular weight excluding hydrogens is 258 g/mol. The van der Waals surface area contributed by atoms with Gasteiger partial charge in [-0.3, -0.25) is 0 Å². The molecule has 0 N–H and O–H groups in total. The molecule has 3 rings (SSSR count). The Balaban J connectivity index is 1.99. The van der Waals surface area contributed by atoms with Crippen LogP contribution in [0.2, 0.25) is 0 Å². The maximum Gasteiger partial charge on any atom is 0.159 e. The fraction of sp³-hybridized carbons (Fsp3) is 0.467. The van der Waals surface area contributed by atoms with Crippen molar-refractivity contribution in [2.24, 2.45) is 0 Å². The molecule has 2 unspecified atom stereocenters. The van der Waals surface area contributed by atoms with Gasteiger partial charge in [0.15, 0.2) is 5.82 Å². The van der Waals surface area contributed by atoms with Crippen molar-refractivity contribution in [1.29, 1.82) is 0 Å². The van der Waals surface area contributed by atoms with Gasteiger partial charge in [0.2, 0.25) is 0 Å². The topological polar surface area (TPSA) is 29.0 Å². The number of halogens is 1.